The average molecular weight is 211 g/mol. The summed E-state index contributed by atoms with van der Waals surface area (Å²) in [5.74, 6) is 3.54. The SMILES string of the molecule is Cc1[nH]c(C2(C)CCSC2)nc1CN. The summed E-state index contributed by atoms with van der Waals surface area (Å²) in [5.41, 5.74) is 7.99. The third-order valence-corrected chi connectivity index (χ3v) is 4.30. The fourth-order valence-corrected chi connectivity index (χ4v) is 3.31. The second-order valence-corrected chi connectivity index (χ2v) is 5.33. The van der Waals surface area contributed by atoms with Gasteiger partial charge in [-0.25, -0.2) is 4.98 Å². The lowest BCUT2D eigenvalue weighted by molar-refractivity contribution is 0.508. The first kappa shape index (κ1) is 10.1. The maximum Gasteiger partial charge on any atom is 0.113 e. The molecule has 1 atom stereocenters. The minimum atomic E-state index is 0.239. The first-order chi connectivity index (χ1) is 6.65. The molecule has 0 bridgehead atoms. The van der Waals surface area contributed by atoms with E-state index in [1.54, 1.807) is 0 Å². The van der Waals surface area contributed by atoms with E-state index in [-0.39, 0.29) is 5.41 Å². The first-order valence-corrected chi connectivity index (χ1v) is 6.15. The fraction of sp³-hybridized carbons (Fsp3) is 0.700. The van der Waals surface area contributed by atoms with Crippen molar-refractivity contribution in [1.82, 2.24) is 9.97 Å². The summed E-state index contributed by atoms with van der Waals surface area (Å²) in [4.78, 5) is 7.96. The van der Waals surface area contributed by atoms with Crippen LogP contribution in [-0.4, -0.2) is 21.5 Å². The molecule has 78 valence electrons. The number of hydrogen-bond acceptors (Lipinski definition) is 3. The van der Waals surface area contributed by atoms with Crippen LogP contribution in [0.15, 0.2) is 0 Å². The highest BCUT2D eigenvalue weighted by atomic mass is 32.2. The molecule has 0 aliphatic carbocycles. The van der Waals surface area contributed by atoms with Crippen LogP contribution in [0.1, 0.15) is 30.6 Å². The number of thioether (sulfide) groups is 1. The van der Waals surface area contributed by atoms with Crippen LogP contribution < -0.4 is 5.73 Å². The predicted molar refractivity (Wildman–Crippen MR) is 60.5 cm³/mol. The Bertz CT molecular complexity index is 326. The second-order valence-electron chi connectivity index (χ2n) is 4.22. The van der Waals surface area contributed by atoms with Crippen LogP contribution in [0.3, 0.4) is 0 Å². The van der Waals surface area contributed by atoms with E-state index >= 15 is 0 Å². The summed E-state index contributed by atoms with van der Waals surface area (Å²) in [7, 11) is 0. The fourth-order valence-electron chi connectivity index (χ4n) is 1.83. The summed E-state index contributed by atoms with van der Waals surface area (Å²) in [6.07, 6.45) is 1.22. The number of nitrogens with two attached hydrogens (primary N) is 1. The Balaban J connectivity index is 2.31. The lowest BCUT2D eigenvalue weighted by Gasteiger charge is -2.19. The number of aromatic nitrogens is 2. The summed E-state index contributed by atoms with van der Waals surface area (Å²) in [5, 5.41) is 0. The highest BCUT2D eigenvalue weighted by Crippen LogP contribution is 2.37. The molecule has 3 N–H and O–H groups in total. The molecule has 1 aliphatic heterocycles. The van der Waals surface area contributed by atoms with E-state index in [9.17, 15) is 0 Å². The minimum Gasteiger partial charge on any atom is -0.345 e. The molecule has 4 heteroatoms. The van der Waals surface area contributed by atoms with Crippen molar-refractivity contribution in [2.24, 2.45) is 5.73 Å². The van der Waals surface area contributed by atoms with Gasteiger partial charge in [-0.2, -0.15) is 11.8 Å². The summed E-state index contributed by atoms with van der Waals surface area (Å²) < 4.78 is 0. The normalized spacial score (nSPS) is 27.1. The zero-order valence-electron chi connectivity index (χ0n) is 8.76. The van der Waals surface area contributed by atoms with Crippen molar-refractivity contribution in [2.75, 3.05) is 11.5 Å². The Hall–Kier alpha value is -0.480. The quantitative estimate of drug-likeness (QED) is 0.780. The van der Waals surface area contributed by atoms with Crippen LogP contribution in [0.5, 0.6) is 0 Å². The van der Waals surface area contributed by atoms with Crippen LogP contribution in [0, 0.1) is 6.92 Å². The van der Waals surface area contributed by atoms with E-state index in [1.165, 1.54) is 17.9 Å². The molecule has 3 nitrogen and oxygen atoms in total. The zero-order valence-corrected chi connectivity index (χ0v) is 9.58. The van der Waals surface area contributed by atoms with Crippen LogP contribution in [0.4, 0.5) is 0 Å². The van der Waals surface area contributed by atoms with Crippen molar-refractivity contribution in [3.05, 3.63) is 17.2 Å². The molecule has 1 unspecified atom stereocenters. The van der Waals surface area contributed by atoms with Gasteiger partial charge in [-0.05, 0) is 19.1 Å². The van der Waals surface area contributed by atoms with Gasteiger partial charge < -0.3 is 10.7 Å². The van der Waals surface area contributed by atoms with Gasteiger partial charge in [0.25, 0.3) is 0 Å². The van der Waals surface area contributed by atoms with E-state index in [0.29, 0.717) is 6.54 Å². The minimum absolute atomic E-state index is 0.239. The number of H-pyrrole nitrogens is 1. The van der Waals surface area contributed by atoms with Crippen molar-refractivity contribution < 1.29 is 0 Å². The first-order valence-electron chi connectivity index (χ1n) is 4.99. The van der Waals surface area contributed by atoms with Crippen LogP contribution in [-0.2, 0) is 12.0 Å². The molecule has 1 saturated heterocycles. The Labute approximate surface area is 88.9 Å². The standard InChI is InChI=1S/C10H17N3S/c1-7-8(5-11)13-9(12-7)10(2)3-4-14-6-10/h3-6,11H2,1-2H3,(H,12,13). The summed E-state index contributed by atoms with van der Waals surface area (Å²) in [6.45, 7) is 4.86. The topological polar surface area (TPSA) is 54.7 Å². The van der Waals surface area contributed by atoms with E-state index in [1.807, 2.05) is 18.7 Å². The smallest absolute Gasteiger partial charge is 0.113 e. The van der Waals surface area contributed by atoms with Crippen LogP contribution >= 0.6 is 11.8 Å². The molecule has 14 heavy (non-hydrogen) atoms. The van der Waals surface area contributed by atoms with Crippen molar-refractivity contribution in [2.45, 2.75) is 32.2 Å². The number of hydrogen-bond donors (Lipinski definition) is 2. The van der Waals surface area contributed by atoms with Gasteiger partial charge in [0.15, 0.2) is 0 Å². The number of aromatic amines is 1. The average Bonchev–Trinajstić information content (AvgIpc) is 2.73. The molecule has 1 fully saturated rings. The van der Waals surface area contributed by atoms with E-state index < -0.39 is 0 Å². The number of rotatable bonds is 2. The van der Waals surface area contributed by atoms with Gasteiger partial charge in [-0.3, -0.25) is 0 Å². The Kier molecular flexibility index (Phi) is 2.58. The molecular formula is C10H17N3S. The second kappa shape index (κ2) is 3.59. The molecule has 0 radical (unpaired) electrons. The number of imidazole rings is 1. The Morgan fingerprint density at radius 1 is 1.64 bits per heavy atom. The van der Waals surface area contributed by atoms with Crippen molar-refractivity contribution in [3.8, 4) is 0 Å². The van der Waals surface area contributed by atoms with Crippen molar-refractivity contribution in [1.29, 1.82) is 0 Å². The van der Waals surface area contributed by atoms with E-state index in [0.717, 1.165) is 17.2 Å². The third-order valence-electron chi connectivity index (χ3n) is 2.97. The molecule has 1 aliphatic rings. The lowest BCUT2D eigenvalue weighted by Crippen LogP contribution is -2.22. The maximum absolute atomic E-state index is 5.62. The maximum atomic E-state index is 5.62. The number of nitrogens with one attached hydrogen (secondary N) is 1. The molecule has 0 spiro atoms. The molecule has 2 heterocycles. The Morgan fingerprint density at radius 2 is 2.43 bits per heavy atom. The monoisotopic (exact) mass is 211 g/mol. The largest absolute Gasteiger partial charge is 0.345 e. The zero-order chi connectivity index (χ0) is 10.2. The van der Waals surface area contributed by atoms with Gasteiger partial charge in [0.2, 0.25) is 0 Å². The number of aryl methyl sites for hydroxylation is 1. The molecule has 1 aromatic heterocycles. The summed E-state index contributed by atoms with van der Waals surface area (Å²) >= 11 is 2.01. The van der Waals surface area contributed by atoms with Gasteiger partial charge in [-0.1, -0.05) is 6.92 Å². The van der Waals surface area contributed by atoms with E-state index in [2.05, 4.69) is 16.9 Å². The molecule has 1 aromatic rings. The molecule has 0 amide bonds. The van der Waals surface area contributed by atoms with Gasteiger partial charge in [0.05, 0.1) is 5.69 Å². The lowest BCUT2D eigenvalue weighted by atomic mass is 9.89. The Morgan fingerprint density at radius 3 is 2.93 bits per heavy atom. The summed E-state index contributed by atoms with van der Waals surface area (Å²) in [6, 6.07) is 0. The molecule has 0 aromatic carbocycles. The molecule has 0 saturated carbocycles. The highest BCUT2D eigenvalue weighted by Gasteiger charge is 2.34. The predicted octanol–water partition coefficient (Wildman–Crippen LogP) is 1.57. The van der Waals surface area contributed by atoms with Gasteiger partial charge in [0.1, 0.15) is 5.82 Å². The van der Waals surface area contributed by atoms with E-state index in [4.69, 9.17) is 5.73 Å². The van der Waals surface area contributed by atoms with Gasteiger partial charge in [-0.15, -0.1) is 0 Å². The van der Waals surface area contributed by atoms with Crippen molar-refractivity contribution >= 4 is 11.8 Å². The molecule has 2 rings (SSSR count). The van der Waals surface area contributed by atoms with Gasteiger partial charge >= 0.3 is 0 Å². The third kappa shape index (κ3) is 1.57. The van der Waals surface area contributed by atoms with Crippen molar-refractivity contribution in [3.63, 3.8) is 0 Å². The van der Waals surface area contributed by atoms with Crippen LogP contribution in [0.25, 0.3) is 0 Å². The van der Waals surface area contributed by atoms with Gasteiger partial charge in [0, 0.05) is 23.4 Å². The highest BCUT2D eigenvalue weighted by molar-refractivity contribution is 7.99. The molecular weight excluding hydrogens is 194 g/mol. The van der Waals surface area contributed by atoms with Crippen LogP contribution in [0.2, 0.25) is 0 Å². The number of nitrogens with zero attached hydrogens (tertiary/aromatic N) is 1.